The van der Waals surface area contributed by atoms with Crippen LogP contribution in [0.15, 0.2) is 22.9 Å². The number of piperazine rings is 1. The van der Waals surface area contributed by atoms with Crippen LogP contribution in [0.2, 0.25) is 0 Å². The lowest BCUT2D eigenvalue weighted by Gasteiger charge is -2.50. The number of pyridine rings is 1. The Bertz CT molecular complexity index is 421. The van der Waals surface area contributed by atoms with E-state index in [9.17, 15) is 0 Å². The number of rotatable bonds is 2. The lowest BCUT2D eigenvalue weighted by molar-refractivity contribution is 0.0208. The van der Waals surface area contributed by atoms with Crippen LogP contribution in [-0.4, -0.2) is 35.1 Å². The molecule has 1 spiro atoms. The Morgan fingerprint density at radius 3 is 2.89 bits per heavy atom. The summed E-state index contributed by atoms with van der Waals surface area (Å²) in [6.07, 6.45) is 10.7. The molecule has 0 radical (unpaired) electrons. The molecule has 1 saturated carbocycles. The quantitative estimate of drug-likeness (QED) is 0.907. The first-order valence-electron chi connectivity index (χ1n) is 7.34. The fourth-order valence-corrected chi connectivity index (χ4v) is 4.01. The molecule has 0 unspecified atom stereocenters. The third kappa shape index (κ3) is 3.01. The summed E-state index contributed by atoms with van der Waals surface area (Å²) in [6.45, 7) is 4.47. The van der Waals surface area contributed by atoms with Gasteiger partial charge in [0.2, 0.25) is 0 Å². The van der Waals surface area contributed by atoms with Gasteiger partial charge in [0.25, 0.3) is 0 Å². The number of nitrogens with one attached hydrogen (secondary N) is 1. The molecule has 1 aliphatic carbocycles. The molecule has 2 aliphatic rings. The minimum atomic E-state index is 0.402. The smallest absolute Gasteiger partial charge is 0.0410 e. The third-order valence-electron chi connectivity index (χ3n) is 4.60. The van der Waals surface area contributed by atoms with Gasteiger partial charge in [-0.05, 0) is 40.4 Å². The second-order valence-electron chi connectivity index (χ2n) is 5.89. The van der Waals surface area contributed by atoms with Gasteiger partial charge in [0.1, 0.15) is 0 Å². The first-order chi connectivity index (χ1) is 9.28. The second kappa shape index (κ2) is 5.90. The third-order valence-corrected chi connectivity index (χ3v) is 5.04. The van der Waals surface area contributed by atoms with Gasteiger partial charge >= 0.3 is 0 Å². The fraction of sp³-hybridized carbons (Fsp3) is 0.667. The number of hydrogen-bond acceptors (Lipinski definition) is 3. The van der Waals surface area contributed by atoms with Crippen molar-refractivity contribution in [2.75, 3.05) is 19.6 Å². The van der Waals surface area contributed by atoms with E-state index in [0.29, 0.717) is 5.54 Å². The van der Waals surface area contributed by atoms with Crippen molar-refractivity contribution >= 4 is 15.9 Å². The molecule has 0 atom stereocenters. The van der Waals surface area contributed by atoms with Crippen molar-refractivity contribution in [3.63, 3.8) is 0 Å². The Labute approximate surface area is 123 Å². The van der Waals surface area contributed by atoms with E-state index in [-0.39, 0.29) is 0 Å². The summed E-state index contributed by atoms with van der Waals surface area (Å²) in [6, 6.07) is 2.20. The van der Waals surface area contributed by atoms with Crippen molar-refractivity contribution in [1.82, 2.24) is 15.2 Å². The normalized spacial score (nSPS) is 23.6. The maximum atomic E-state index is 4.29. The topological polar surface area (TPSA) is 28.2 Å². The van der Waals surface area contributed by atoms with Gasteiger partial charge in [-0.25, -0.2) is 0 Å². The van der Waals surface area contributed by atoms with Crippen molar-refractivity contribution in [3.8, 4) is 0 Å². The van der Waals surface area contributed by atoms with E-state index in [1.165, 1.54) is 37.7 Å². The molecule has 4 heteroatoms. The van der Waals surface area contributed by atoms with Crippen molar-refractivity contribution in [2.24, 2.45) is 0 Å². The first-order valence-corrected chi connectivity index (χ1v) is 8.13. The monoisotopic (exact) mass is 323 g/mol. The van der Waals surface area contributed by atoms with Crippen LogP contribution in [0, 0.1) is 0 Å². The number of nitrogens with zero attached hydrogens (tertiary/aromatic N) is 2. The van der Waals surface area contributed by atoms with Crippen LogP contribution in [0.25, 0.3) is 0 Å². The lowest BCUT2D eigenvalue weighted by Crippen LogP contribution is -2.61. The molecule has 1 N–H and O–H groups in total. The van der Waals surface area contributed by atoms with Crippen LogP contribution in [0.1, 0.15) is 37.7 Å². The molecule has 1 saturated heterocycles. The van der Waals surface area contributed by atoms with Crippen molar-refractivity contribution in [3.05, 3.63) is 28.5 Å². The fourth-order valence-electron chi connectivity index (χ4n) is 3.60. The highest BCUT2D eigenvalue weighted by molar-refractivity contribution is 9.10. The highest BCUT2D eigenvalue weighted by Crippen LogP contribution is 2.35. The van der Waals surface area contributed by atoms with E-state index < -0.39 is 0 Å². The average molecular weight is 324 g/mol. The van der Waals surface area contributed by atoms with Crippen molar-refractivity contribution in [2.45, 2.75) is 44.2 Å². The largest absolute Gasteiger partial charge is 0.314 e. The van der Waals surface area contributed by atoms with E-state index in [1.807, 2.05) is 12.4 Å². The van der Waals surface area contributed by atoms with Gasteiger partial charge in [-0.1, -0.05) is 19.3 Å². The summed E-state index contributed by atoms with van der Waals surface area (Å²) in [5.74, 6) is 0. The standard InChI is InChI=1S/C15H22BrN3/c16-14-8-13(9-18-10-14)11-19-7-6-17-12-15(19)4-2-1-3-5-15/h8-10,17H,1-7,11-12H2. The van der Waals surface area contributed by atoms with E-state index in [2.05, 4.69) is 37.2 Å². The summed E-state index contributed by atoms with van der Waals surface area (Å²) in [5, 5.41) is 3.61. The van der Waals surface area contributed by atoms with Crippen molar-refractivity contribution < 1.29 is 0 Å². The van der Waals surface area contributed by atoms with Gasteiger partial charge in [0.05, 0.1) is 0 Å². The highest BCUT2D eigenvalue weighted by atomic mass is 79.9. The summed E-state index contributed by atoms with van der Waals surface area (Å²) in [5.41, 5.74) is 1.72. The molecule has 2 fully saturated rings. The van der Waals surface area contributed by atoms with Gasteiger partial charge in [0, 0.05) is 48.6 Å². The molecule has 0 aromatic carbocycles. The maximum absolute atomic E-state index is 4.29. The summed E-state index contributed by atoms with van der Waals surface area (Å²) >= 11 is 3.52. The Hall–Kier alpha value is -0.450. The Morgan fingerprint density at radius 1 is 1.26 bits per heavy atom. The SMILES string of the molecule is Brc1cncc(CN2CCNCC23CCCCC3)c1. The molecule has 1 aromatic heterocycles. The first kappa shape index (κ1) is 13.5. The minimum absolute atomic E-state index is 0.402. The summed E-state index contributed by atoms with van der Waals surface area (Å²) in [4.78, 5) is 6.99. The van der Waals surface area contributed by atoms with Crippen LogP contribution in [0.5, 0.6) is 0 Å². The van der Waals surface area contributed by atoms with E-state index >= 15 is 0 Å². The Kier molecular flexibility index (Phi) is 4.20. The van der Waals surface area contributed by atoms with Crippen LogP contribution >= 0.6 is 15.9 Å². The molecule has 1 aliphatic heterocycles. The number of hydrogen-bond donors (Lipinski definition) is 1. The van der Waals surface area contributed by atoms with Gasteiger partial charge < -0.3 is 5.32 Å². The average Bonchev–Trinajstić information content (AvgIpc) is 2.43. The molecular weight excluding hydrogens is 302 g/mol. The van der Waals surface area contributed by atoms with Crippen LogP contribution in [0.3, 0.4) is 0 Å². The Balaban J connectivity index is 1.77. The van der Waals surface area contributed by atoms with E-state index in [4.69, 9.17) is 0 Å². The van der Waals surface area contributed by atoms with Crippen LogP contribution in [0.4, 0.5) is 0 Å². The summed E-state index contributed by atoms with van der Waals surface area (Å²) in [7, 11) is 0. The number of halogens is 1. The zero-order valence-corrected chi connectivity index (χ0v) is 13.0. The molecule has 19 heavy (non-hydrogen) atoms. The van der Waals surface area contributed by atoms with E-state index in [0.717, 1.165) is 30.7 Å². The maximum Gasteiger partial charge on any atom is 0.0410 e. The molecule has 0 amide bonds. The zero-order chi connectivity index (χ0) is 13.1. The van der Waals surface area contributed by atoms with Gasteiger partial charge in [0.15, 0.2) is 0 Å². The molecule has 3 rings (SSSR count). The molecule has 104 valence electrons. The second-order valence-corrected chi connectivity index (χ2v) is 6.81. The molecular formula is C15H22BrN3. The molecule has 0 bridgehead atoms. The van der Waals surface area contributed by atoms with Gasteiger partial charge in [-0.3, -0.25) is 9.88 Å². The number of aromatic nitrogens is 1. The predicted molar refractivity (Wildman–Crippen MR) is 81.0 cm³/mol. The molecule has 2 heterocycles. The predicted octanol–water partition coefficient (Wildman–Crippen LogP) is 2.95. The summed E-state index contributed by atoms with van der Waals surface area (Å²) < 4.78 is 1.08. The van der Waals surface area contributed by atoms with Gasteiger partial charge in [-0.2, -0.15) is 0 Å². The minimum Gasteiger partial charge on any atom is -0.314 e. The molecule has 1 aromatic rings. The Morgan fingerprint density at radius 2 is 2.11 bits per heavy atom. The highest BCUT2D eigenvalue weighted by Gasteiger charge is 2.39. The zero-order valence-electron chi connectivity index (χ0n) is 11.4. The van der Waals surface area contributed by atoms with Crippen molar-refractivity contribution in [1.29, 1.82) is 0 Å². The van der Waals surface area contributed by atoms with E-state index in [1.54, 1.807) is 0 Å². The lowest BCUT2D eigenvalue weighted by atomic mass is 9.79. The molecule has 3 nitrogen and oxygen atoms in total. The van der Waals surface area contributed by atoms with Gasteiger partial charge in [-0.15, -0.1) is 0 Å². The van der Waals surface area contributed by atoms with Crippen LogP contribution < -0.4 is 5.32 Å². The van der Waals surface area contributed by atoms with Crippen LogP contribution in [-0.2, 0) is 6.54 Å².